The maximum atomic E-state index is 6.22. The molecule has 0 aliphatic carbocycles. The molecule has 0 aliphatic rings. The summed E-state index contributed by atoms with van der Waals surface area (Å²) in [5.74, 6) is 0.999. The molecule has 2 aromatic rings. The lowest BCUT2D eigenvalue weighted by molar-refractivity contribution is 0.553. The van der Waals surface area contributed by atoms with Crippen LogP contribution in [-0.2, 0) is 6.42 Å². The van der Waals surface area contributed by atoms with Gasteiger partial charge in [-0.1, -0.05) is 42.3 Å². The van der Waals surface area contributed by atoms with E-state index in [4.69, 9.17) is 23.2 Å². The second kappa shape index (κ2) is 9.06. The Hall–Kier alpha value is -0.190. The Morgan fingerprint density at radius 3 is 2.67 bits per heavy atom. The quantitative estimate of drug-likeness (QED) is 0.601. The summed E-state index contributed by atoms with van der Waals surface area (Å²) in [7, 11) is 0. The molecule has 1 unspecified atom stereocenters. The molecule has 1 nitrogen and oxygen atoms in total. The van der Waals surface area contributed by atoms with E-state index in [1.54, 1.807) is 11.3 Å². The topological polar surface area (TPSA) is 12.0 Å². The first-order valence-corrected chi connectivity index (χ1v) is 9.59. The van der Waals surface area contributed by atoms with Gasteiger partial charge in [-0.25, -0.2) is 0 Å². The van der Waals surface area contributed by atoms with Gasteiger partial charge < -0.3 is 5.32 Å². The van der Waals surface area contributed by atoms with E-state index in [1.807, 2.05) is 36.0 Å². The summed E-state index contributed by atoms with van der Waals surface area (Å²) < 4.78 is 0.859. The Bertz CT molecular complexity index is 557. The maximum absolute atomic E-state index is 6.22. The number of benzene rings is 1. The van der Waals surface area contributed by atoms with Gasteiger partial charge in [-0.15, -0.1) is 23.1 Å². The third-order valence-corrected chi connectivity index (χ3v) is 5.97. The molecule has 5 heteroatoms. The molecule has 1 aromatic heterocycles. The van der Waals surface area contributed by atoms with Crippen LogP contribution in [0, 0.1) is 0 Å². The Morgan fingerprint density at radius 1 is 1.19 bits per heavy atom. The molecule has 0 saturated heterocycles. The summed E-state index contributed by atoms with van der Waals surface area (Å²) in [4.78, 5) is 2.47. The van der Waals surface area contributed by atoms with Gasteiger partial charge in [0.15, 0.2) is 0 Å². The predicted octanol–water partition coefficient (Wildman–Crippen LogP) is 5.76. The molecule has 1 atom stereocenters. The fourth-order valence-corrected chi connectivity index (χ4v) is 4.46. The maximum Gasteiger partial charge on any atom is 0.0931 e. The Labute approximate surface area is 145 Å². The van der Waals surface area contributed by atoms with Crippen LogP contribution in [0.15, 0.2) is 41.3 Å². The van der Waals surface area contributed by atoms with Crippen molar-refractivity contribution in [2.24, 2.45) is 0 Å². The smallest absolute Gasteiger partial charge is 0.0931 e. The van der Waals surface area contributed by atoms with E-state index in [2.05, 4.69) is 24.4 Å². The van der Waals surface area contributed by atoms with Gasteiger partial charge in [-0.3, -0.25) is 0 Å². The van der Waals surface area contributed by atoms with Crippen LogP contribution < -0.4 is 5.32 Å². The fraction of sp³-hybridized carbons (Fsp3) is 0.375. The Morgan fingerprint density at radius 2 is 2.00 bits per heavy atom. The highest BCUT2D eigenvalue weighted by Gasteiger charge is 2.12. The van der Waals surface area contributed by atoms with E-state index in [0.717, 1.165) is 39.4 Å². The van der Waals surface area contributed by atoms with E-state index in [-0.39, 0.29) is 0 Å². The Balaban J connectivity index is 1.94. The minimum atomic E-state index is 0.431. The van der Waals surface area contributed by atoms with Crippen LogP contribution >= 0.6 is 46.3 Å². The second-order valence-electron chi connectivity index (χ2n) is 4.80. The number of rotatable bonds is 8. The molecule has 0 amide bonds. The number of thioether (sulfide) groups is 1. The summed E-state index contributed by atoms with van der Waals surface area (Å²) in [6.45, 7) is 3.22. The van der Waals surface area contributed by atoms with Crippen LogP contribution in [0.1, 0.15) is 18.2 Å². The third-order valence-electron chi connectivity index (χ3n) is 3.04. The van der Waals surface area contributed by atoms with Crippen molar-refractivity contribution in [1.82, 2.24) is 5.32 Å². The van der Waals surface area contributed by atoms with Crippen molar-refractivity contribution >= 4 is 46.3 Å². The molecule has 0 radical (unpaired) electrons. The summed E-state index contributed by atoms with van der Waals surface area (Å²) in [6, 6.07) is 12.5. The Kier molecular flexibility index (Phi) is 7.41. The SMILES string of the molecule is CCCNC(CSc1ccccc1Cl)Cc1ccc(Cl)s1. The highest BCUT2D eigenvalue weighted by Crippen LogP contribution is 2.28. The first kappa shape index (κ1) is 17.2. The zero-order valence-corrected chi connectivity index (χ0v) is 15.1. The molecule has 1 aromatic carbocycles. The summed E-state index contributed by atoms with van der Waals surface area (Å²) >= 11 is 15.7. The fourth-order valence-electron chi connectivity index (χ4n) is 1.99. The van der Waals surface area contributed by atoms with Crippen molar-refractivity contribution in [3.63, 3.8) is 0 Å². The van der Waals surface area contributed by atoms with Crippen LogP contribution in [-0.4, -0.2) is 18.3 Å². The minimum Gasteiger partial charge on any atom is -0.313 e. The standard InChI is InChI=1S/C16H19Cl2NS2/c1-2-9-19-12(10-13-7-8-16(18)21-13)11-20-15-6-4-3-5-14(15)17/h3-8,12,19H,2,9-11H2,1H3. The van der Waals surface area contributed by atoms with Crippen LogP contribution in [0.2, 0.25) is 9.36 Å². The van der Waals surface area contributed by atoms with Crippen LogP contribution in [0.25, 0.3) is 0 Å². The van der Waals surface area contributed by atoms with Gasteiger partial charge in [0, 0.05) is 21.6 Å². The summed E-state index contributed by atoms with van der Waals surface area (Å²) in [5, 5.41) is 4.45. The van der Waals surface area contributed by atoms with Gasteiger partial charge in [0.05, 0.1) is 9.36 Å². The molecule has 0 spiro atoms. The predicted molar refractivity (Wildman–Crippen MR) is 97.3 cm³/mol. The highest BCUT2D eigenvalue weighted by molar-refractivity contribution is 7.99. The van der Waals surface area contributed by atoms with Crippen LogP contribution in [0.4, 0.5) is 0 Å². The normalized spacial score (nSPS) is 12.5. The molecule has 2 rings (SSSR count). The molecule has 0 fully saturated rings. The van der Waals surface area contributed by atoms with E-state index in [1.165, 1.54) is 4.88 Å². The van der Waals surface area contributed by atoms with E-state index < -0.39 is 0 Å². The number of halogens is 2. The molecule has 114 valence electrons. The minimum absolute atomic E-state index is 0.431. The van der Waals surface area contributed by atoms with E-state index >= 15 is 0 Å². The lowest BCUT2D eigenvalue weighted by atomic mass is 10.2. The average Bonchev–Trinajstić information content (AvgIpc) is 2.88. The zero-order valence-electron chi connectivity index (χ0n) is 11.9. The number of hydrogen-bond acceptors (Lipinski definition) is 3. The lowest BCUT2D eigenvalue weighted by Gasteiger charge is -2.17. The van der Waals surface area contributed by atoms with Gasteiger partial charge in [-0.2, -0.15) is 0 Å². The number of nitrogens with one attached hydrogen (secondary N) is 1. The average molecular weight is 360 g/mol. The van der Waals surface area contributed by atoms with Crippen molar-refractivity contribution in [1.29, 1.82) is 0 Å². The molecular formula is C16H19Cl2NS2. The molecule has 1 N–H and O–H groups in total. The van der Waals surface area contributed by atoms with Gasteiger partial charge in [0.25, 0.3) is 0 Å². The first-order valence-electron chi connectivity index (χ1n) is 7.04. The van der Waals surface area contributed by atoms with Crippen LogP contribution in [0.3, 0.4) is 0 Å². The highest BCUT2D eigenvalue weighted by atomic mass is 35.5. The van der Waals surface area contributed by atoms with E-state index in [0.29, 0.717) is 6.04 Å². The zero-order chi connectivity index (χ0) is 15.1. The monoisotopic (exact) mass is 359 g/mol. The van der Waals surface area contributed by atoms with Crippen molar-refractivity contribution in [3.8, 4) is 0 Å². The van der Waals surface area contributed by atoms with Crippen molar-refractivity contribution in [2.45, 2.75) is 30.7 Å². The lowest BCUT2D eigenvalue weighted by Crippen LogP contribution is -2.33. The van der Waals surface area contributed by atoms with Crippen molar-refractivity contribution < 1.29 is 0 Å². The summed E-state index contributed by atoms with van der Waals surface area (Å²) in [6.07, 6.45) is 2.15. The van der Waals surface area contributed by atoms with Gasteiger partial charge in [-0.05, 0) is 43.7 Å². The van der Waals surface area contributed by atoms with Gasteiger partial charge in [0.2, 0.25) is 0 Å². The van der Waals surface area contributed by atoms with Crippen LogP contribution in [0.5, 0.6) is 0 Å². The molecular weight excluding hydrogens is 341 g/mol. The first-order chi connectivity index (χ1) is 10.2. The molecule has 0 saturated carbocycles. The third kappa shape index (κ3) is 5.84. The van der Waals surface area contributed by atoms with Crippen molar-refractivity contribution in [2.75, 3.05) is 12.3 Å². The molecule has 1 heterocycles. The second-order valence-corrected chi connectivity index (χ2v) is 8.07. The van der Waals surface area contributed by atoms with E-state index in [9.17, 15) is 0 Å². The van der Waals surface area contributed by atoms with Gasteiger partial charge >= 0.3 is 0 Å². The van der Waals surface area contributed by atoms with Gasteiger partial charge in [0.1, 0.15) is 0 Å². The largest absolute Gasteiger partial charge is 0.313 e. The number of hydrogen-bond donors (Lipinski definition) is 1. The molecule has 21 heavy (non-hydrogen) atoms. The number of thiophene rings is 1. The summed E-state index contributed by atoms with van der Waals surface area (Å²) in [5.41, 5.74) is 0. The van der Waals surface area contributed by atoms with Crippen molar-refractivity contribution in [3.05, 3.63) is 50.6 Å². The molecule has 0 bridgehead atoms. The molecule has 0 aliphatic heterocycles.